The van der Waals surface area contributed by atoms with Gasteiger partial charge in [0.25, 0.3) is 0 Å². The Labute approximate surface area is 87.5 Å². The average Bonchev–Trinajstić information content (AvgIpc) is 3.00. The lowest BCUT2D eigenvalue weighted by atomic mass is 10.1. The van der Waals surface area contributed by atoms with Gasteiger partial charge >= 0.3 is 0 Å². The number of hydrogen-bond acceptors (Lipinski definition) is 3. The second-order valence-corrected chi connectivity index (χ2v) is 3.97. The molecule has 72 valence electrons. The van der Waals surface area contributed by atoms with Crippen LogP contribution in [0.4, 0.5) is 0 Å². The van der Waals surface area contributed by atoms with Gasteiger partial charge in [0.1, 0.15) is 6.07 Å². The minimum Gasteiger partial charge on any atom is -0.322 e. The molecule has 1 atom stereocenters. The van der Waals surface area contributed by atoms with Crippen molar-refractivity contribution in [2.75, 3.05) is 0 Å². The van der Waals surface area contributed by atoms with Crippen molar-refractivity contribution in [2.45, 2.75) is 18.9 Å². The van der Waals surface area contributed by atoms with E-state index in [4.69, 9.17) is 22.6 Å². The van der Waals surface area contributed by atoms with Crippen LogP contribution in [0.1, 0.15) is 30.1 Å². The monoisotopic (exact) mass is 207 g/mol. The van der Waals surface area contributed by atoms with Crippen LogP contribution >= 0.6 is 11.6 Å². The zero-order valence-electron chi connectivity index (χ0n) is 7.57. The van der Waals surface area contributed by atoms with Crippen LogP contribution in [-0.2, 0) is 0 Å². The zero-order chi connectivity index (χ0) is 10.1. The van der Waals surface area contributed by atoms with Crippen molar-refractivity contribution in [3.05, 3.63) is 28.5 Å². The van der Waals surface area contributed by atoms with Crippen LogP contribution in [-0.4, -0.2) is 4.98 Å². The minimum absolute atomic E-state index is 0.0738. The number of pyridine rings is 1. The van der Waals surface area contributed by atoms with Gasteiger partial charge in [-0.2, -0.15) is 5.26 Å². The molecule has 0 spiro atoms. The Morgan fingerprint density at radius 2 is 2.36 bits per heavy atom. The Hall–Kier alpha value is -1.11. The fourth-order valence-corrected chi connectivity index (χ4v) is 1.73. The lowest BCUT2D eigenvalue weighted by molar-refractivity contribution is 0.615. The van der Waals surface area contributed by atoms with Crippen LogP contribution < -0.4 is 5.73 Å². The van der Waals surface area contributed by atoms with Gasteiger partial charge in [-0.05, 0) is 24.8 Å². The molecule has 1 heterocycles. The topological polar surface area (TPSA) is 62.7 Å². The van der Waals surface area contributed by atoms with Crippen LogP contribution in [0.25, 0.3) is 0 Å². The minimum atomic E-state index is -0.0738. The molecule has 4 heteroatoms. The van der Waals surface area contributed by atoms with Gasteiger partial charge in [0.05, 0.1) is 22.3 Å². The molecule has 0 saturated heterocycles. The molecule has 0 aromatic carbocycles. The molecule has 0 radical (unpaired) electrons. The lowest BCUT2D eigenvalue weighted by Crippen LogP contribution is -2.14. The standard InChI is InChI=1S/C10H10ClN3/c11-8-3-6(4-12)5-14-10(8)9(13)7-1-2-7/h3,5,7,9H,1-2,13H2. The summed E-state index contributed by atoms with van der Waals surface area (Å²) in [6, 6.07) is 3.53. The van der Waals surface area contributed by atoms with E-state index in [0.29, 0.717) is 22.2 Å². The predicted molar refractivity (Wildman–Crippen MR) is 53.6 cm³/mol. The third kappa shape index (κ3) is 1.72. The van der Waals surface area contributed by atoms with Crippen LogP contribution in [0.5, 0.6) is 0 Å². The number of nitrogens with zero attached hydrogens (tertiary/aromatic N) is 2. The molecule has 1 saturated carbocycles. The Morgan fingerprint density at radius 1 is 1.64 bits per heavy atom. The van der Waals surface area contributed by atoms with Crippen molar-refractivity contribution in [1.29, 1.82) is 5.26 Å². The van der Waals surface area contributed by atoms with E-state index in [2.05, 4.69) is 4.98 Å². The summed E-state index contributed by atoms with van der Waals surface area (Å²) in [4.78, 5) is 4.13. The summed E-state index contributed by atoms with van der Waals surface area (Å²) >= 11 is 5.98. The smallest absolute Gasteiger partial charge is 0.101 e. The first kappa shape index (κ1) is 9.45. The Balaban J connectivity index is 2.30. The van der Waals surface area contributed by atoms with Crippen molar-refractivity contribution < 1.29 is 0 Å². The van der Waals surface area contributed by atoms with Crippen LogP contribution in [0.2, 0.25) is 5.02 Å². The van der Waals surface area contributed by atoms with Crippen LogP contribution in [0, 0.1) is 17.2 Å². The van der Waals surface area contributed by atoms with E-state index >= 15 is 0 Å². The number of nitriles is 1. The highest BCUT2D eigenvalue weighted by atomic mass is 35.5. The second kappa shape index (κ2) is 3.56. The van der Waals surface area contributed by atoms with Crippen molar-refractivity contribution in [2.24, 2.45) is 11.7 Å². The highest BCUT2D eigenvalue weighted by Crippen LogP contribution is 2.40. The van der Waals surface area contributed by atoms with E-state index in [-0.39, 0.29) is 6.04 Å². The van der Waals surface area contributed by atoms with E-state index in [1.54, 1.807) is 6.07 Å². The molecular weight excluding hydrogens is 198 g/mol. The largest absolute Gasteiger partial charge is 0.322 e. The summed E-state index contributed by atoms with van der Waals surface area (Å²) in [5.41, 5.74) is 7.15. The van der Waals surface area contributed by atoms with Crippen molar-refractivity contribution in [1.82, 2.24) is 4.98 Å². The normalized spacial score (nSPS) is 17.5. The number of halogens is 1. The molecule has 0 bridgehead atoms. The predicted octanol–water partition coefficient (Wildman–Crippen LogP) is 2.02. The van der Waals surface area contributed by atoms with Crippen molar-refractivity contribution in [3.63, 3.8) is 0 Å². The van der Waals surface area contributed by atoms with Gasteiger partial charge in [0.15, 0.2) is 0 Å². The van der Waals surface area contributed by atoms with Crippen molar-refractivity contribution in [3.8, 4) is 6.07 Å². The lowest BCUT2D eigenvalue weighted by Gasteiger charge is -2.10. The molecule has 1 unspecified atom stereocenters. The summed E-state index contributed by atoms with van der Waals surface area (Å²) in [5.74, 6) is 0.521. The maximum Gasteiger partial charge on any atom is 0.101 e. The molecular formula is C10H10ClN3. The molecule has 1 aromatic heterocycles. The third-order valence-corrected chi connectivity index (χ3v) is 2.75. The number of aromatic nitrogens is 1. The molecule has 1 fully saturated rings. The number of nitrogens with two attached hydrogens (primary N) is 1. The van der Waals surface area contributed by atoms with Gasteiger partial charge in [-0.1, -0.05) is 11.6 Å². The summed E-state index contributed by atoms with van der Waals surface area (Å²) in [7, 11) is 0. The molecule has 14 heavy (non-hydrogen) atoms. The van der Waals surface area contributed by atoms with Gasteiger partial charge in [-0.25, -0.2) is 0 Å². The SMILES string of the molecule is N#Cc1cnc(C(N)C2CC2)c(Cl)c1. The molecule has 2 rings (SSSR count). The van der Waals surface area contributed by atoms with Gasteiger partial charge in [-0.3, -0.25) is 4.98 Å². The summed E-state index contributed by atoms with van der Waals surface area (Å²) in [6.07, 6.45) is 3.82. The van der Waals surface area contributed by atoms with Gasteiger partial charge in [0, 0.05) is 6.20 Å². The van der Waals surface area contributed by atoms with E-state index in [1.807, 2.05) is 6.07 Å². The molecule has 0 aliphatic heterocycles. The first-order valence-corrected chi connectivity index (χ1v) is 4.91. The molecule has 1 aliphatic carbocycles. The molecule has 2 N–H and O–H groups in total. The van der Waals surface area contributed by atoms with Crippen LogP contribution in [0.3, 0.4) is 0 Å². The average molecular weight is 208 g/mol. The number of rotatable bonds is 2. The van der Waals surface area contributed by atoms with E-state index in [1.165, 1.54) is 6.20 Å². The summed E-state index contributed by atoms with van der Waals surface area (Å²) in [5, 5.41) is 9.14. The fourth-order valence-electron chi connectivity index (χ4n) is 1.43. The molecule has 1 aromatic rings. The maximum absolute atomic E-state index is 8.63. The maximum atomic E-state index is 8.63. The van der Waals surface area contributed by atoms with Gasteiger partial charge < -0.3 is 5.73 Å². The molecule has 1 aliphatic rings. The van der Waals surface area contributed by atoms with E-state index in [9.17, 15) is 0 Å². The molecule has 3 nitrogen and oxygen atoms in total. The highest BCUT2D eigenvalue weighted by molar-refractivity contribution is 6.31. The Bertz CT molecular complexity index is 393. The first-order valence-electron chi connectivity index (χ1n) is 4.53. The zero-order valence-corrected chi connectivity index (χ0v) is 8.33. The molecule has 0 amide bonds. The van der Waals surface area contributed by atoms with E-state index in [0.717, 1.165) is 12.8 Å². The Morgan fingerprint density at radius 3 is 2.86 bits per heavy atom. The Kier molecular flexibility index (Phi) is 2.40. The third-order valence-electron chi connectivity index (χ3n) is 2.44. The fraction of sp³-hybridized carbons (Fsp3) is 0.400. The quantitative estimate of drug-likeness (QED) is 0.807. The van der Waals surface area contributed by atoms with E-state index < -0.39 is 0 Å². The van der Waals surface area contributed by atoms with Gasteiger partial charge in [-0.15, -0.1) is 0 Å². The van der Waals surface area contributed by atoms with Crippen LogP contribution in [0.15, 0.2) is 12.3 Å². The first-order chi connectivity index (χ1) is 6.72. The second-order valence-electron chi connectivity index (χ2n) is 3.57. The summed E-state index contributed by atoms with van der Waals surface area (Å²) < 4.78 is 0. The summed E-state index contributed by atoms with van der Waals surface area (Å²) in [6.45, 7) is 0. The highest BCUT2D eigenvalue weighted by Gasteiger charge is 2.31. The van der Waals surface area contributed by atoms with Crippen molar-refractivity contribution >= 4 is 11.6 Å². The number of hydrogen-bond donors (Lipinski definition) is 1. The van der Waals surface area contributed by atoms with Gasteiger partial charge in [0.2, 0.25) is 0 Å².